The zero-order chi connectivity index (χ0) is 15.5. The molecule has 2 amide bonds. The fraction of sp³-hybridized carbons (Fsp3) is 0.385. The highest BCUT2D eigenvalue weighted by molar-refractivity contribution is 6.34. The van der Waals surface area contributed by atoms with Crippen LogP contribution >= 0.6 is 11.6 Å². The van der Waals surface area contributed by atoms with Gasteiger partial charge < -0.3 is 20.4 Å². The topological polar surface area (TPSA) is 89.9 Å². The number of urea groups is 1. The van der Waals surface area contributed by atoms with Gasteiger partial charge in [0.1, 0.15) is 0 Å². The van der Waals surface area contributed by atoms with Crippen molar-refractivity contribution in [1.29, 1.82) is 0 Å². The van der Waals surface area contributed by atoms with E-state index in [0.717, 1.165) is 0 Å². The zero-order valence-corrected chi connectivity index (χ0v) is 12.2. The number of benzene rings is 1. The number of rotatable bonds is 4. The van der Waals surface area contributed by atoms with Crippen molar-refractivity contribution in [2.75, 3.05) is 19.0 Å². The lowest BCUT2D eigenvalue weighted by molar-refractivity contribution is 0.0697. The highest BCUT2D eigenvalue weighted by Crippen LogP contribution is 2.24. The molecule has 3 N–H and O–H groups in total. The van der Waals surface area contributed by atoms with Crippen LogP contribution in [0.25, 0.3) is 0 Å². The summed E-state index contributed by atoms with van der Waals surface area (Å²) in [6.45, 7) is 3.23. The molecule has 0 unspecified atom stereocenters. The van der Waals surface area contributed by atoms with E-state index in [1.54, 1.807) is 20.9 Å². The van der Waals surface area contributed by atoms with Gasteiger partial charge in [-0.05, 0) is 32.0 Å². The molecule has 0 aliphatic carbocycles. The summed E-state index contributed by atoms with van der Waals surface area (Å²) in [5.74, 6) is -1.09. The fourth-order valence-corrected chi connectivity index (χ4v) is 1.56. The molecule has 7 heteroatoms. The summed E-state index contributed by atoms with van der Waals surface area (Å²) in [4.78, 5) is 24.1. The number of hydrogen-bond acceptors (Lipinski definition) is 3. The van der Waals surface area contributed by atoms with Crippen LogP contribution < -0.4 is 5.32 Å². The summed E-state index contributed by atoms with van der Waals surface area (Å²) in [7, 11) is 1.55. The van der Waals surface area contributed by atoms with Gasteiger partial charge in [-0.3, -0.25) is 0 Å². The van der Waals surface area contributed by atoms with E-state index in [-0.39, 0.29) is 17.2 Å². The molecule has 0 aliphatic rings. The quantitative estimate of drug-likeness (QED) is 0.795. The second kappa shape index (κ2) is 6.11. The molecule has 20 heavy (non-hydrogen) atoms. The summed E-state index contributed by atoms with van der Waals surface area (Å²) in [5, 5.41) is 20.7. The first-order valence-corrected chi connectivity index (χ1v) is 6.25. The summed E-state index contributed by atoms with van der Waals surface area (Å²) >= 11 is 5.92. The van der Waals surface area contributed by atoms with Crippen LogP contribution in [0.2, 0.25) is 5.02 Å². The van der Waals surface area contributed by atoms with Gasteiger partial charge in [-0.2, -0.15) is 0 Å². The molecule has 1 rings (SSSR count). The number of carboxylic acid groups (broad SMARTS) is 1. The molecule has 0 radical (unpaired) electrons. The number of anilines is 1. The Morgan fingerprint density at radius 3 is 2.45 bits per heavy atom. The molecule has 0 aromatic heterocycles. The number of hydrogen-bond donors (Lipinski definition) is 3. The third-order valence-corrected chi connectivity index (χ3v) is 3.37. The molecule has 110 valence electrons. The monoisotopic (exact) mass is 300 g/mol. The average Bonchev–Trinajstić information content (AvgIpc) is 2.39. The second-order valence-electron chi connectivity index (χ2n) is 4.96. The van der Waals surface area contributed by atoms with Crippen LogP contribution in [-0.2, 0) is 0 Å². The van der Waals surface area contributed by atoms with Gasteiger partial charge in [0.15, 0.2) is 0 Å². The van der Waals surface area contributed by atoms with Crippen LogP contribution in [0.1, 0.15) is 24.2 Å². The smallest absolute Gasteiger partial charge is 0.335 e. The van der Waals surface area contributed by atoms with E-state index in [0.29, 0.717) is 5.69 Å². The molecule has 0 saturated carbocycles. The number of aliphatic hydroxyl groups excluding tert-OH is 1. The first-order valence-electron chi connectivity index (χ1n) is 5.87. The second-order valence-corrected chi connectivity index (χ2v) is 5.37. The fourth-order valence-electron chi connectivity index (χ4n) is 1.33. The maximum Gasteiger partial charge on any atom is 0.335 e. The van der Waals surface area contributed by atoms with Crippen molar-refractivity contribution in [3.05, 3.63) is 28.8 Å². The first kappa shape index (κ1) is 16.3. The van der Waals surface area contributed by atoms with E-state index >= 15 is 0 Å². The number of carbonyl (C=O) groups excluding carboxylic acids is 1. The number of nitrogens with zero attached hydrogens (tertiary/aromatic N) is 1. The molecule has 0 fully saturated rings. The van der Waals surface area contributed by atoms with Crippen LogP contribution in [0.4, 0.5) is 10.5 Å². The van der Waals surface area contributed by atoms with E-state index in [1.165, 1.54) is 23.1 Å². The molecular formula is C13H17ClN2O4. The lowest BCUT2D eigenvalue weighted by Crippen LogP contribution is -2.49. The normalized spacial score (nSPS) is 11.1. The Labute approximate surface area is 122 Å². The van der Waals surface area contributed by atoms with Crippen LogP contribution in [0.5, 0.6) is 0 Å². The van der Waals surface area contributed by atoms with Gasteiger partial charge in [0.2, 0.25) is 0 Å². The molecule has 0 heterocycles. The molecule has 0 aliphatic heterocycles. The number of aliphatic hydroxyl groups is 1. The Hall–Kier alpha value is -1.79. The number of nitrogens with one attached hydrogen (secondary N) is 1. The number of carboxylic acids is 1. The minimum absolute atomic E-state index is 0.0389. The number of carbonyl (C=O) groups is 2. The standard InChI is InChI=1S/C13H17ClN2O4/c1-13(2,7-17)16(3)12(20)15-10-5-4-8(11(18)19)6-9(10)14/h4-6,17H,7H2,1-3H3,(H,15,20)(H,18,19). The van der Waals surface area contributed by atoms with Crippen LogP contribution in [0.3, 0.4) is 0 Å². The van der Waals surface area contributed by atoms with Gasteiger partial charge in [0.05, 0.1) is 28.4 Å². The van der Waals surface area contributed by atoms with E-state index in [2.05, 4.69) is 5.32 Å². The molecule has 6 nitrogen and oxygen atoms in total. The molecule has 1 aromatic rings. The van der Waals surface area contributed by atoms with Gasteiger partial charge in [0, 0.05) is 7.05 Å². The first-order chi connectivity index (χ1) is 9.19. The molecule has 1 aromatic carbocycles. The van der Waals surface area contributed by atoms with Crippen LogP contribution in [0.15, 0.2) is 18.2 Å². The average molecular weight is 301 g/mol. The van der Waals surface area contributed by atoms with Crippen molar-refractivity contribution >= 4 is 29.3 Å². The predicted molar refractivity (Wildman–Crippen MR) is 76.4 cm³/mol. The van der Waals surface area contributed by atoms with Crippen molar-refractivity contribution in [1.82, 2.24) is 4.90 Å². The highest BCUT2D eigenvalue weighted by atomic mass is 35.5. The Bertz CT molecular complexity index is 531. The van der Waals surface area contributed by atoms with Gasteiger partial charge in [-0.1, -0.05) is 11.6 Å². The molecule has 0 saturated heterocycles. The summed E-state index contributed by atoms with van der Waals surface area (Å²) in [6.07, 6.45) is 0. The minimum atomic E-state index is -1.09. The Morgan fingerprint density at radius 1 is 1.40 bits per heavy atom. The van der Waals surface area contributed by atoms with E-state index in [9.17, 15) is 14.7 Å². The number of amides is 2. The zero-order valence-electron chi connectivity index (χ0n) is 11.5. The van der Waals surface area contributed by atoms with E-state index in [1.807, 2.05) is 0 Å². The minimum Gasteiger partial charge on any atom is -0.478 e. The van der Waals surface area contributed by atoms with Crippen LogP contribution in [0, 0.1) is 0 Å². The summed E-state index contributed by atoms with van der Waals surface area (Å²) in [6, 6.07) is 3.58. The lowest BCUT2D eigenvalue weighted by Gasteiger charge is -2.33. The van der Waals surface area contributed by atoms with Crippen LogP contribution in [-0.4, -0.2) is 46.3 Å². The predicted octanol–water partition coefficient (Wildman–Crippen LogP) is 2.27. The SMILES string of the molecule is CN(C(=O)Nc1ccc(C(=O)O)cc1Cl)C(C)(C)CO. The largest absolute Gasteiger partial charge is 0.478 e. The van der Waals surface area contributed by atoms with E-state index < -0.39 is 17.5 Å². The Balaban J connectivity index is 2.89. The molecular weight excluding hydrogens is 284 g/mol. The van der Waals surface area contributed by atoms with Crippen molar-refractivity contribution in [3.63, 3.8) is 0 Å². The summed E-state index contributed by atoms with van der Waals surface area (Å²) in [5.41, 5.74) is -0.378. The maximum atomic E-state index is 12.0. The van der Waals surface area contributed by atoms with Gasteiger partial charge in [-0.15, -0.1) is 0 Å². The maximum absolute atomic E-state index is 12.0. The van der Waals surface area contributed by atoms with Crippen molar-refractivity contribution in [2.45, 2.75) is 19.4 Å². The van der Waals surface area contributed by atoms with Crippen molar-refractivity contribution in [2.24, 2.45) is 0 Å². The Morgan fingerprint density at radius 2 is 2.00 bits per heavy atom. The summed E-state index contributed by atoms with van der Waals surface area (Å²) < 4.78 is 0. The van der Waals surface area contributed by atoms with Gasteiger partial charge in [0.25, 0.3) is 0 Å². The van der Waals surface area contributed by atoms with Crippen molar-refractivity contribution in [3.8, 4) is 0 Å². The highest BCUT2D eigenvalue weighted by Gasteiger charge is 2.27. The molecule has 0 atom stereocenters. The molecule has 0 bridgehead atoms. The number of halogens is 1. The van der Waals surface area contributed by atoms with E-state index in [4.69, 9.17) is 16.7 Å². The lowest BCUT2D eigenvalue weighted by atomic mass is 10.1. The van der Waals surface area contributed by atoms with Gasteiger partial charge >= 0.3 is 12.0 Å². The van der Waals surface area contributed by atoms with Gasteiger partial charge in [-0.25, -0.2) is 9.59 Å². The third kappa shape index (κ3) is 3.61. The number of aromatic carboxylic acids is 1. The Kier molecular flexibility index (Phi) is 4.97. The molecule has 0 spiro atoms. The number of likely N-dealkylation sites (N-methyl/N-ethyl adjacent to an activating group) is 1. The third-order valence-electron chi connectivity index (χ3n) is 3.06. The van der Waals surface area contributed by atoms with Crippen molar-refractivity contribution < 1.29 is 19.8 Å².